The predicted octanol–water partition coefficient (Wildman–Crippen LogP) is 20.5. The number of hydrogen-bond acceptors (Lipinski definition) is 6. The summed E-state index contributed by atoms with van der Waals surface area (Å²) in [5, 5.41) is 0. The van der Waals surface area contributed by atoms with Crippen LogP contribution in [0.5, 0.6) is 11.5 Å². The molecule has 0 aromatic heterocycles. The van der Waals surface area contributed by atoms with Crippen molar-refractivity contribution >= 4 is 126 Å². The summed E-state index contributed by atoms with van der Waals surface area (Å²) < 4.78 is 7.56. The van der Waals surface area contributed by atoms with Crippen molar-refractivity contribution in [3.63, 3.8) is 0 Å². The van der Waals surface area contributed by atoms with Crippen molar-refractivity contribution in [3.05, 3.63) is 364 Å². The van der Waals surface area contributed by atoms with Gasteiger partial charge in [0, 0.05) is 83.7 Å². The first-order valence-corrected chi connectivity index (χ1v) is 34.4. The maximum atomic E-state index is 7.56. The summed E-state index contributed by atoms with van der Waals surface area (Å²) in [5.41, 5.74) is 29.3. The van der Waals surface area contributed by atoms with Gasteiger partial charge in [-0.25, -0.2) is 0 Å². The number of rotatable bonds is 12. The summed E-state index contributed by atoms with van der Waals surface area (Å²) in [6, 6.07) is 134. The molecule has 0 spiro atoms. The molecule has 15 aromatic carbocycles. The molecular weight excluding hydrogens is 1210 g/mol. The third kappa shape index (κ3) is 9.58. The van der Waals surface area contributed by atoms with Crippen LogP contribution in [0.4, 0.5) is 68.2 Å². The lowest BCUT2D eigenvalue weighted by molar-refractivity contribution is 0.487. The summed E-state index contributed by atoms with van der Waals surface area (Å²) in [6.45, 7) is -0.350. The van der Waals surface area contributed by atoms with Gasteiger partial charge in [0.05, 0.1) is 17.1 Å². The first-order chi connectivity index (χ1) is 48.6. The van der Waals surface area contributed by atoms with Crippen LogP contribution in [-0.2, 0) is 0 Å². The Hall–Kier alpha value is -12.2. The van der Waals surface area contributed by atoms with Gasteiger partial charge < -0.3 is 24.3 Å². The number of hydrogen-bond donors (Lipinski definition) is 0. The van der Waals surface area contributed by atoms with Gasteiger partial charge in [0.15, 0.2) is 0 Å². The topological polar surface area (TPSA) is 22.2 Å². The minimum absolute atomic E-state index is 0.122. The molecule has 0 atom stereocenters. The third-order valence-electron chi connectivity index (χ3n) is 19.9. The van der Waals surface area contributed by atoms with Crippen LogP contribution >= 0.6 is 11.8 Å². The number of fused-ring (bicyclic) bond motifs is 8. The smallest absolute Gasteiger partial charge is 0.256 e. The standard InChI is InChI=1S/C90H60B2N4OS/c1-8-29-61(30-9-1)62-51-53-69(54-52-62)94(79-48-25-22-43-72(79)63-31-10-2-11-32-63)70-55-82-88-85(57-70)97-84-50-27-24-47-76(84)92(88)77-59-78-86(60-81(77)96(82)90-73(64-33-12-3-13-34-64)44-28-45-74(90)65-35-14-4-15-36-65)98-87-58-71(93(66-37-16-5-17-38-66)67-39-18-6-19-40-67)56-83-89(87)91(78)75-46-23-26-49-80(75)95(83)68-41-20-7-21-42-68/h1-60H. The molecule has 8 heteroatoms. The number of anilines is 12. The lowest BCUT2D eigenvalue weighted by Gasteiger charge is -2.44. The van der Waals surface area contributed by atoms with Crippen LogP contribution in [0.2, 0.25) is 0 Å². The molecule has 98 heavy (non-hydrogen) atoms. The summed E-state index contributed by atoms with van der Waals surface area (Å²) in [4.78, 5) is 12.4. The zero-order valence-corrected chi connectivity index (χ0v) is 54.2. The van der Waals surface area contributed by atoms with Crippen molar-refractivity contribution in [2.75, 3.05) is 19.6 Å². The quantitative estimate of drug-likeness (QED) is 0.113. The van der Waals surface area contributed by atoms with E-state index in [0.717, 1.165) is 130 Å². The van der Waals surface area contributed by atoms with E-state index in [2.05, 4.69) is 384 Å². The van der Waals surface area contributed by atoms with Crippen LogP contribution in [0.3, 0.4) is 0 Å². The first kappa shape index (κ1) is 57.2. The van der Waals surface area contributed by atoms with Gasteiger partial charge >= 0.3 is 0 Å². The van der Waals surface area contributed by atoms with Gasteiger partial charge in [-0.2, -0.15) is 0 Å². The Kier molecular flexibility index (Phi) is 14.0. The average molecular weight is 1270 g/mol. The second kappa shape index (κ2) is 23.9. The van der Waals surface area contributed by atoms with Crippen molar-refractivity contribution in [3.8, 4) is 56.0 Å². The Bertz CT molecular complexity index is 5440. The molecule has 4 aliphatic rings. The molecule has 0 aliphatic carbocycles. The van der Waals surface area contributed by atoms with E-state index in [9.17, 15) is 0 Å². The average Bonchev–Trinajstić information content (AvgIpc) is 0.698. The van der Waals surface area contributed by atoms with Crippen molar-refractivity contribution in [2.45, 2.75) is 9.79 Å². The molecule has 458 valence electrons. The number of ether oxygens (including phenoxy) is 1. The monoisotopic (exact) mass is 1270 g/mol. The van der Waals surface area contributed by atoms with Gasteiger partial charge in [-0.3, -0.25) is 0 Å². The Balaban J connectivity index is 0.908. The van der Waals surface area contributed by atoms with Gasteiger partial charge in [-0.1, -0.05) is 284 Å². The van der Waals surface area contributed by atoms with E-state index in [-0.39, 0.29) is 13.4 Å². The molecule has 0 unspecified atom stereocenters. The maximum Gasteiger partial charge on any atom is 0.256 e. The largest absolute Gasteiger partial charge is 0.458 e. The SMILES string of the molecule is c1ccc(-c2ccc(N(c3cc4c5c(c3)N(c3c(-c6ccccc6)cccc3-c3ccccc3)c3cc6c(cc3B5c3ccccc3O4)B3c4ccccc4N(c4ccccc4)c4cc(N(c5ccccc5)c5ccccc5)cc(c43)S6)c3ccccc3-c3ccccc3)cc2)cc1. The molecule has 4 heterocycles. The molecular formula is C90H60B2N4OS. The fourth-order valence-corrected chi connectivity index (χ4v) is 16.9. The molecule has 0 fully saturated rings. The van der Waals surface area contributed by atoms with Crippen molar-refractivity contribution < 1.29 is 4.74 Å². The van der Waals surface area contributed by atoms with Crippen LogP contribution in [0, 0.1) is 0 Å². The number of para-hydroxylation sites is 7. The van der Waals surface area contributed by atoms with E-state index < -0.39 is 0 Å². The van der Waals surface area contributed by atoms with E-state index in [1.807, 2.05) is 11.8 Å². The Morgan fingerprint density at radius 1 is 0.265 bits per heavy atom. The molecule has 0 saturated heterocycles. The van der Waals surface area contributed by atoms with Gasteiger partial charge in [0.1, 0.15) is 11.5 Å². The lowest BCUT2D eigenvalue weighted by atomic mass is 9.31. The van der Waals surface area contributed by atoms with Crippen LogP contribution < -0.4 is 57.1 Å². The van der Waals surface area contributed by atoms with Gasteiger partial charge in [-0.05, 0) is 146 Å². The van der Waals surface area contributed by atoms with E-state index >= 15 is 0 Å². The first-order valence-electron chi connectivity index (χ1n) is 33.6. The van der Waals surface area contributed by atoms with Crippen molar-refractivity contribution in [2.24, 2.45) is 0 Å². The Labute approximate surface area is 576 Å². The summed E-state index contributed by atoms with van der Waals surface area (Å²) in [7, 11) is 0. The molecule has 5 nitrogen and oxygen atoms in total. The number of nitrogens with zero attached hydrogens (tertiary/aromatic N) is 4. The second-order valence-corrected chi connectivity index (χ2v) is 26.5. The van der Waals surface area contributed by atoms with E-state index in [1.54, 1.807) is 0 Å². The summed E-state index contributed by atoms with van der Waals surface area (Å²) >= 11 is 1.90. The highest BCUT2D eigenvalue weighted by Crippen LogP contribution is 2.54. The summed E-state index contributed by atoms with van der Waals surface area (Å²) in [5.74, 6) is 1.66. The van der Waals surface area contributed by atoms with Crippen LogP contribution in [0.1, 0.15) is 0 Å². The molecule has 19 rings (SSSR count). The summed E-state index contributed by atoms with van der Waals surface area (Å²) in [6.07, 6.45) is 0. The minimum atomic E-state index is -0.229. The fraction of sp³-hybridized carbons (Fsp3) is 0. The zero-order valence-electron chi connectivity index (χ0n) is 53.4. The van der Waals surface area contributed by atoms with Crippen LogP contribution in [0.15, 0.2) is 374 Å². The Morgan fingerprint density at radius 3 is 1.39 bits per heavy atom. The lowest BCUT2D eigenvalue weighted by Crippen LogP contribution is -2.63. The van der Waals surface area contributed by atoms with E-state index in [1.165, 1.54) is 37.2 Å². The fourth-order valence-electron chi connectivity index (χ4n) is 15.7. The van der Waals surface area contributed by atoms with Crippen molar-refractivity contribution in [1.29, 1.82) is 0 Å². The minimum Gasteiger partial charge on any atom is -0.458 e. The molecule has 0 radical (unpaired) electrons. The van der Waals surface area contributed by atoms with Crippen LogP contribution in [-0.4, -0.2) is 13.4 Å². The molecule has 0 saturated carbocycles. The van der Waals surface area contributed by atoms with Gasteiger partial charge in [0.25, 0.3) is 6.71 Å². The molecule has 0 amide bonds. The highest BCUT2D eigenvalue weighted by atomic mass is 32.2. The Morgan fingerprint density at radius 2 is 0.745 bits per heavy atom. The normalized spacial score (nSPS) is 12.7. The zero-order chi connectivity index (χ0) is 64.6. The molecule has 0 bridgehead atoms. The van der Waals surface area contributed by atoms with E-state index in [4.69, 9.17) is 4.74 Å². The molecule has 15 aromatic rings. The maximum absolute atomic E-state index is 7.56. The third-order valence-corrected chi connectivity index (χ3v) is 21.0. The second-order valence-electron chi connectivity index (χ2n) is 25.4. The van der Waals surface area contributed by atoms with Gasteiger partial charge in [-0.15, -0.1) is 0 Å². The van der Waals surface area contributed by atoms with E-state index in [0.29, 0.717) is 0 Å². The van der Waals surface area contributed by atoms with Crippen LogP contribution in [0.25, 0.3) is 44.5 Å². The highest BCUT2D eigenvalue weighted by Gasteiger charge is 2.48. The van der Waals surface area contributed by atoms with Crippen molar-refractivity contribution in [1.82, 2.24) is 0 Å². The highest BCUT2D eigenvalue weighted by molar-refractivity contribution is 8.00. The predicted molar refractivity (Wildman–Crippen MR) is 413 cm³/mol. The van der Waals surface area contributed by atoms with Gasteiger partial charge in [0.2, 0.25) is 6.71 Å². The number of benzene rings is 15. The molecule has 0 N–H and O–H groups in total. The molecule has 4 aliphatic heterocycles.